The predicted octanol–water partition coefficient (Wildman–Crippen LogP) is 5.16. The molecule has 0 aliphatic carbocycles. The van der Waals surface area contributed by atoms with Gasteiger partial charge in [0.15, 0.2) is 0 Å². The van der Waals surface area contributed by atoms with Crippen molar-refractivity contribution in [2.45, 2.75) is 30.4 Å². The van der Waals surface area contributed by atoms with E-state index in [0.717, 1.165) is 10.5 Å². The molecule has 0 heterocycles. The van der Waals surface area contributed by atoms with Crippen LogP contribution in [0.4, 0.5) is 11.4 Å². The van der Waals surface area contributed by atoms with Crippen molar-refractivity contribution in [1.82, 2.24) is 0 Å². The summed E-state index contributed by atoms with van der Waals surface area (Å²) < 4.78 is 0. The third-order valence-corrected chi connectivity index (χ3v) is 6.28. The van der Waals surface area contributed by atoms with Gasteiger partial charge in [-0.3, -0.25) is 9.59 Å². The van der Waals surface area contributed by atoms with Gasteiger partial charge in [0.1, 0.15) is 11.3 Å². The molecule has 0 spiro atoms. The first-order chi connectivity index (χ1) is 15.8. The Bertz CT molecular complexity index is 1190. The molecule has 2 amide bonds. The van der Waals surface area contributed by atoms with Crippen molar-refractivity contribution in [3.05, 3.63) is 83.4 Å². The number of benzene rings is 3. The normalized spacial score (nSPS) is 11.5. The highest BCUT2D eigenvalue weighted by atomic mass is 32.2. The maximum atomic E-state index is 12.8. The average molecular weight is 465 g/mol. The van der Waals surface area contributed by atoms with E-state index in [1.807, 2.05) is 38.1 Å². The van der Waals surface area contributed by atoms with Crippen molar-refractivity contribution in [1.29, 1.82) is 0 Å². The number of nitrogens with one attached hydrogen (secondary N) is 2. The Morgan fingerprint density at radius 1 is 0.909 bits per heavy atom. The molecule has 1 atom stereocenters. The standard InChI is InChI=1S/C25H24N2O5S/c1-3-22(24(30)27-17-11-12-21(28)20(14-17)25(31)32)33-18-9-6-8-16(13-18)26-23(29)19-10-5-4-7-15(19)2/h4-14,22,28H,3H2,1-2H3,(H,26,29)(H,27,30)(H,31,32). The molecule has 170 valence electrons. The smallest absolute Gasteiger partial charge is 0.339 e. The predicted molar refractivity (Wildman–Crippen MR) is 129 cm³/mol. The summed E-state index contributed by atoms with van der Waals surface area (Å²) >= 11 is 1.34. The summed E-state index contributed by atoms with van der Waals surface area (Å²) in [6.07, 6.45) is 0.528. The summed E-state index contributed by atoms with van der Waals surface area (Å²) in [7, 11) is 0. The maximum absolute atomic E-state index is 12.8. The molecule has 0 aliphatic heterocycles. The van der Waals surface area contributed by atoms with Crippen LogP contribution in [-0.4, -0.2) is 33.2 Å². The number of hydrogen-bond acceptors (Lipinski definition) is 5. The van der Waals surface area contributed by atoms with Gasteiger partial charge in [0.05, 0.1) is 5.25 Å². The van der Waals surface area contributed by atoms with Crippen molar-refractivity contribution in [2.24, 2.45) is 0 Å². The molecule has 0 aromatic heterocycles. The summed E-state index contributed by atoms with van der Waals surface area (Å²) in [5, 5.41) is 23.9. The molecule has 3 rings (SSSR count). The second-order valence-corrected chi connectivity index (χ2v) is 8.61. The van der Waals surface area contributed by atoms with Gasteiger partial charge in [-0.05, 0) is 61.4 Å². The van der Waals surface area contributed by atoms with Gasteiger partial charge in [0.2, 0.25) is 5.91 Å². The highest BCUT2D eigenvalue weighted by Gasteiger charge is 2.20. The third kappa shape index (κ3) is 6.14. The molecular formula is C25H24N2O5S. The van der Waals surface area contributed by atoms with Gasteiger partial charge in [0, 0.05) is 21.8 Å². The lowest BCUT2D eigenvalue weighted by atomic mass is 10.1. The molecule has 4 N–H and O–H groups in total. The van der Waals surface area contributed by atoms with Gasteiger partial charge in [-0.25, -0.2) is 4.79 Å². The summed E-state index contributed by atoms with van der Waals surface area (Å²) in [6.45, 7) is 3.75. The van der Waals surface area contributed by atoms with Crippen LogP contribution in [0.15, 0.2) is 71.6 Å². The molecule has 0 radical (unpaired) electrons. The number of hydrogen-bond donors (Lipinski definition) is 4. The fourth-order valence-corrected chi connectivity index (χ4v) is 4.18. The molecule has 0 fully saturated rings. The molecule has 3 aromatic rings. The third-order valence-electron chi connectivity index (χ3n) is 4.92. The lowest BCUT2D eigenvalue weighted by Gasteiger charge is -2.16. The van der Waals surface area contributed by atoms with Gasteiger partial charge in [-0.1, -0.05) is 31.2 Å². The van der Waals surface area contributed by atoms with Gasteiger partial charge in [-0.15, -0.1) is 11.8 Å². The van der Waals surface area contributed by atoms with E-state index in [9.17, 15) is 19.5 Å². The lowest BCUT2D eigenvalue weighted by molar-refractivity contribution is -0.115. The summed E-state index contributed by atoms with van der Waals surface area (Å²) in [6, 6.07) is 18.5. The highest BCUT2D eigenvalue weighted by molar-refractivity contribution is 8.00. The van der Waals surface area contributed by atoms with Gasteiger partial charge < -0.3 is 20.8 Å². The Morgan fingerprint density at radius 3 is 2.33 bits per heavy atom. The Hall–Kier alpha value is -3.78. The van der Waals surface area contributed by atoms with E-state index in [-0.39, 0.29) is 28.8 Å². The van der Waals surface area contributed by atoms with Crippen LogP contribution in [0.2, 0.25) is 0 Å². The second-order valence-electron chi connectivity index (χ2n) is 7.34. The summed E-state index contributed by atoms with van der Waals surface area (Å²) in [4.78, 5) is 37.4. The van der Waals surface area contributed by atoms with Crippen molar-refractivity contribution in [3.63, 3.8) is 0 Å². The molecule has 3 aromatic carbocycles. The zero-order chi connectivity index (χ0) is 24.0. The number of anilines is 2. The Labute approximate surface area is 195 Å². The minimum Gasteiger partial charge on any atom is -0.507 e. The molecular weight excluding hydrogens is 440 g/mol. The summed E-state index contributed by atoms with van der Waals surface area (Å²) in [5.41, 5.74) is 2.09. The Balaban J connectivity index is 1.69. The van der Waals surface area contributed by atoms with Gasteiger partial charge in [0.25, 0.3) is 5.91 Å². The van der Waals surface area contributed by atoms with Crippen LogP contribution in [0, 0.1) is 6.92 Å². The van der Waals surface area contributed by atoms with Crippen molar-refractivity contribution in [3.8, 4) is 5.75 Å². The fraction of sp³-hybridized carbons (Fsp3) is 0.160. The van der Waals surface area contributed by atoms with Crippen molar-refractivity contribution in [2.75, 3.05) is 10.6 Å². The number of carboxylic acid groups (broad SMARTS) is 1. The molecule has 1 unspecified atom stereocenters. The van der Waals surface area contributed by atoms with Crippen LogP contribution in [0.3, 0.4) is 0 Å². The van der Waals surface area contributed by atoms with Crippen LogP contribution in [-0.2, 0) is 4.79 Å². The van der Waals surface area contributed by atoms with E-state index in [1.54, 1.807) is 24.3 Å². The van der Waals surface area contributed by atoms with Crippen LogP contribution >= 0.6 is 11.8 Å². The van der Waals surface area contributed by atoms with E-state index < -0.39 is 11.2 Å². The lowest BCUT2D eigenvalue weighted by Crippen LogP contribution is -2.24. The first kappa shape index (κ1) is 23.9. The molecule has 0 bridgehead atoms. The number of aromatic hydroxyl groups is 1. The minimum atomic E-state index is -1.28. The Kier molecular flexibility index (Phi) is 7.74. The topological polar surface area (TPSA) is 116 Å². The van der Waals surface area contributed by atoms with E-state index in [4.69, 9.17) is 5.11 Å². The second kappa shape index (κ2) is 10.7. The monoisotopic (exact) mass is 464 g/mol. The van der Waals surface area contributed by atoms with E-state index in [0.29, 0.717) is 17.7 Å². The summed E-state index contributed by atoms with van der Waals surface area (Å²) in [5.74, 6) is -2.15. The zero-order valence-electron chi connectivity index (χ0n) is 18.2. The number of rotatable bonds is 8. The Morgan fingerprint density at radius 2 is 1.64 bits per heavy atom. The number of carboxylic acids is 1. The average Bonchev–Trinajstić information content (AvgIpc) is 2.79. The number of thioether (sulfide) groups is 1. The number of carbonyl (C=O) groups is 3. The van der Waals surface area contributed by atoms with Crippen LogP contribution in [0.25, 0.3) is 0 Å². The number of phenols is 1. The largest absolute Gasteiger partial charge is 0.507 e. The van der Waals surface area contributed by atoms with E-state index >= 15 is 0 Å². The quantitative estimate of drug-likeness (QED) is 0.270. The molecule has 33 heavy (non-hydrogen) atoms. The molecule has 8 heteroatoms. The van der Waals surface area contributed by atoms with Gasteiger partial charge in [-0.2, -0.15) is 0 Å². The molecule has 7 nitrogen and oxygen atoms in total. The van der Waals surface area contributed by atoms with Crippen molar-refractivity contribution < 1.29 is 24.6 Å². The molecule has 0 saturated heterocycles. The first-order valence-electron chi connectivity index (χ1n) is 10.3. The number of amides is 2. The van der Waals surface area contributed by atoms with E-state index in [2.05, 4.69) is 10.6 Å². The zero-order valence-corrected chi connectivity index (χ0v) is 19.0. The minimum absolute atomic E-state index is 0.207. The van der Waals surface area contributed by atoms with Crippen molar-refractivity contribution >= 4 is 40.9 Å². The van der Waals surface area contributed by atoms with E-state index in [1.165, 1.54) is 30.0 Å². The van der Waals surface area contributed by atoms with Crippen LogP contribution in [0.1, 0.15) is 39.6 Å². The maximum Gasteiger partial charge on any atom is 0.339 e. The van der Waals surface area contributed by atoms with Crippen LogP contribution < -0.4 is 10.6 Å². The number of aryl methyl sites for hydroxylation is 1. The molecule has 0 saturated carbocycles. The molecule has 0 aliphatic rings. The fourth-order valence-electron chi connectivity index (χ4n) is 3.17. The first-order valence-corrected chi connectivity index (χ1v) is 11.2. The SMILES string of the molecule is CCC(Sc1cccc(NC(=O)c2ccccc2C)c1)C(=O)Nc1ccc(O)c(C(=O)O)c1. The number of carbonyl (C=O) groups excluding carboxylic acids is 2. The highest BCUT2D eigenvalue weighted by Crippen LogP contribution is 2.29. The van der Waals surface area contributed by atoms with Crippen LogP contribution in [0.5, 0.6) is 5.75 Å². The van der Waals surface area contributed by atoms with Gasteiger partial charge >= 0.3 is 5.97 Å². The number of aromatic carboxylic acids is 1.